The lowest BCUT2D eigenvalue weighted by atomic mass is 9.98. The zero-order valence-corrected chi connectivity index (χ0v) is 19.1. The van der Waals surface area contributed by atoms with Crippen molar-refractivity contribution in [2.24, 2.45) is 0 Å². The molecule has 4 heterocycles. The van der Waals surface area contributed by atoms with Gasteiger partial charge in [0.1, 0.15) is 6.17 Å². The summed E-state index contributed by atoms with van der Waals surface area (Å²) in [5, 5.41) is 22.6. The molecule has 0 bridgehead atoms. The van der Waals surface area contributed by atoms with Crippen LogP contribution in [0.1, 0.15) is 53.4 Å². The van der Waals surface area contributed by atoms with Crippen molar-refractivity contribution < 1.29 is 13.2 Å². The summed E-state index contributed by atoms with van der Waals surface area (Å²) < 4.78 is 39.8. The van der Waals surface area contributed by atoms with Gasteiger partial charge in [-0.25, -0.2) is 9.67 Å². The number of thiazole rings is 1. The van der Waals surface area contributed by atoms with Gasteiger partial charge in [-0.15, -0.1) is 11.3 Å². The maximum atomic E-state index is 12.8. The van der Waals surface area contributed by atoms with Gasteiger partial charge in [-0.1, -0.05) is 6.08 Å². The minimum absolute atomic E-state index is 0.0376. The minimum atomic E-state index is -4.44. The number of alkyl halides is 3. The highest BCUT2D eigenvalue weighted by Crippen LogP contribution is 2.32. The van der Waals surface area contributed by atoms with Gasteiger partial charge in [0.05, 0.1) is 23.2 Å². The maximum absolute atomic E-state index is 12.8. The Morgan fingerprint density at radius 3 is 2.76 bits per heavy atom. The second kappa shape index (κ2) is 10.1. The molecule has 176 valence electrons. The Bertz CT molecular complexity index is 1050. The summed E-state index contributed by atoms with van der Waals surface area (Å²) >= 11 is 1.67. The van der Waals surface area contributed by atoms with Gasteiger partial charge in [-0.3, -0.25) is 10.6 Å². The predicted octanol–water partition coefficient (Wildman–Crippen LogP) is 4.01. The van der Waals surface area contributed by atoms with Crippen LogP contribution in [0.2, 0.25) is 0 Å². The summed E-state index contributed by atoms with van der Waals surface area (Å²) in [6, 6.07) is 3.24. The van der Waals surface area contributed by atoms with E-state index in [0.29, 0.717) is 31.1 Å². The van der Waals surface area contributed by atoms with Gasteiger partial charge in [0, 0.05) is 55.6 Å². The molecular formula is C22H26F3N7S. The van der Waals surface area contributed by atoms with E-state index in [4.69, 9.17) is 10.2 Å². The van der Waals surface area contributed by atoms with Crippen molar-refractivity contribution in [3.8, 4) is 6.07 Å². The lowest BCUT2D eigenvalue weighted by Crippen LogP contribution is -2.33. The van der Waals surface area contributed by atoms with Crippen LogP contribution < -0.4 is 10.6 Å². The largest absolute Gasteiger partial charge is 0.435 e. The number of hydrogen-bond donors (Lipinski definition) is 2. The lowest BCUT2D eigenvalue weighted by molar-refractivity contribution is -0.141. The molecule has 0 saturated carbocycles. The van der Waals surface area contributed by atoms with E-state index in [1.165, 1.54) is 4.68 Å². The van der Waals surface area contributed by atoms with Crippen molar-refractivity contribution >= 4 is 17.5 Å². The highest BCUT2D eigenvalue weighted by Gasteiger charge is 2.34. The van der Waals surface area contributed by atoms with E-state index in [1.54, 1.807) is 24.5 Å². The van der Waals surface area contributed by atoms with Gasteiger partial charge in [0.25, 0.3) is 0 Å². The van der Waals surface area contributed by atoms with E-state index in [9.17, 15) is 13.2 Å². The summed E-state index contributed by atoms with van der Waals surface area (Å²) in [7, 11) is 0. The Kier molecular flexibility index (Phi) is 7.17. The van der Waals surface area contributed by atoms with Crippen molar-refractivity contribution in [3.05, 3.63) is 51.4 Å². The molecule has 1 unspecified atom stereocenters. The van der Waals surface area contributed by atoms with E-state index in [1.807, 2.05) is 6.20 Å². The average Bonchev–Trinajstić information content (AvgIpc) is 3.35. The van der Waals surface area contributed by atoms with Crippen LogP contribution in [0.4, 0.5) is 13.2 Å². The van der Waals surface area contributed by atoms with Crippen molar-refractivity contribution in [2.45, 2.75) is 44.4 Å². The van der Waals surface area contributed by atoms with Crippen molar-refractivity contribution in [1.82, 2.24) is 30.3 Å². The third-order valence-corrected chi connectivity index (χ3v) is 6.92. The normalized spacial score (nSPS) is 20.6. The Balaban J connectivity index is 1.30. The van der Waals surface area contributed by atoms with Gasteiger partial charge in [-0.2, -0.15) is 23.5 Å². The van der Waals surface area contributed by atoms with Crippen LogP contribution in [-0.4, -0.2) is 45.8 Å². The second-order valence-corrected chi connectivity index (χ2v) is 9.14. The van der Waals surface area contributed by atoms with Crippen LogP contribution in [-0.2, 0) is 6.18 Å². The van der Waals surface area contributed by atoms with Gasteiger partial charge in [0.15, 0.2) is 5.69 Å². The Hall–Kier alpha value is -2.68. The van der Waals surface area contributed by atoms with Crippen molar-refractivity contribution in [3.63, 3.8) is 0 Å². The van der Waals surface area contributed by atoms with Crippen LogP contribution in [0.25, 0.3) is 6.20 Å². The molecule has 2 aliphatic rings. The average molecular weight is 478 g/mol. The summed E-state index contributed by atoms with van der Waals surface area (Å²) in [4.78, 5) is 6.98. The summed E-state index contributed by atoms with van der Waals surface area (Å²) in [6.07, 6.45) is 3.28. The van der Waals surface area contributed by atoms with Gasteiger partial charge in [-0.05, 0) is 31.4 Å². The minimum Gasteiger partial charge on any atom is -0.376 e. The van der Waals surface area contributed by atoms with E-state index in [0.717, 1.165) is 48.3 Å². The fourth-order valence-corrected chi connectivity index (χ4v) is 5.01. The number of rotatable bonds is 5. The van der Waals surface area contributed by atoms with Crippen molar-refractivity contribution in [1.29, 1.82) is 5.26 Å². The number of hydrogen-bond acceptors (Lipinski definition) is 7. The fourth-order valence-electron chi connectivity index (χ4n) is 3.99. The molecule has 0 aromatic carbocycles. The van der Waals surface area contributed by atoms with Crippen LogP contribution in [0.3, 0.4) is 0 Å². The number of piperidine rings is 1. The number of aryl methyl sites for hydroxylation is 1. The van der Waals surface area contributed by atoms with Crippen LogP contribution in [0, 0.1) is 18.3 Å². The molecule has 2 aliphatic heterocycles. The number of likely N-dealkylation sites (tertiary alicyclic amines) is 1. The van der Waals surface area contributed by atoms with Gasteiger partial charge >= 0.3 is 6.18 Å². The molecule has 0 aliphatic carbocycles. The van der Waals surface area contributed by atoms with Crippen LogP contribution >= 0.6 is 11.3 Å². The molecule has 2 N–H and O–H groups in total. The Morgan fingerprint density at radius 1 is 1.27 bits per heavy atom. The molecule has 1 saturated heterocycles. The predicted molar refractivity (Wildman–Crippen MR) is 120 cm³/mol. The molecule has 4 rings (SSSR count). The monoisotopic (exact) mass is 477 g/mol. The molecule has 2 aromatic rings. The smallest absolute Gasteiger partial charge is 0.376 e. The first-order valence-corrected chi connectivity index (χ1v) is 11.7. The van der Waals surface area contributed by atoms with Crippen LogP contribution in [0.5, 0.6) is 0 Å². The number of nitrogens with one attached hydrogen (secondary N) is 2. The third-order valence-electron chi connectivity index (χ3n) is 5.90. The topological polar surface area (TPSA) is 81.8 Å². The Labute approximate surface area is 194 Å². The van der Waals surface area contributed by atoms with Gasteiger partial charge in [0.2, 0.25) is 0 Å². The fraction of sp³-hybridized carbons (Fsp3) is 0.500. The van der Waals surface area contributed by atoms with Crippen LogP contribution in [0.15, 0.2) is 29.3 Å². The standard InChI is InChI=1S/C22H26F3N7S/c1-15-12-19(22(23,24)25)30-32(15)11-10-31-8-4-17(5-9-31)21-29-18(14-33-21)20-27-7-3-16(2-6-26)13-28-20/h3,10-12,14,17,20,27-28H,2,4-5,7-9,13H2,1H3. The van der Waals surface area contributed by atoms with E-state index in [2.05, 4.69) is 38.2 Å². The molecule has 0 amide bonds. The SMILES string of the molecule is Cc1cc(C(F)(F)F)nn1C=CN1CCC(c2nc(C3NCC=C(CC#N)CN3)cs2)CC1. The lowest BCUT2D eigenvalue weighted by Gasteiger charge is -2.30. The molecule has 33 heavy (non-hydrogen) atoms. The summed E-state index contributed by atoms with van der Waals surface area (Å²) in [5.41, 5.74) is 1.62. The van der Waals surface area contributed by atoms with E-state index in [-0.39, 0.29) is 6.17 Å². The van der Waals surface area contributed by atoms with Gasteiger partial charge < -0.3 is 4.90 Å². The first kappa shape index (κ1) is 23.5. The zero-order valence-electron chi connectivity index (χ0n) is 18.3. The first-order valence-electron chi connectivity index (χ1n) is 10.9. The quantitative estimate of drug-likeness (QED) is 0.634. The number of nitriles is 1. The molecule has 1 atom stereocenters. The first-order chi connectivity index (χ1) is 15.8. The molecule has 0 spiro atoms. The highest BCUT2D eigenvalue weighted by molar-refractivity contribution is 7.09. The summed E-state index contributed by atoms with van der Waals surface area (Å²) in [5.74, 6) is 0.370. The van der Waals surface area contributed by atoms with E-state index >= 15 is 0 Å². The molecule has 0 radical (unpaired) electrons. The van der Waals surface area contributed by atoms with E-state index < -0.39 is 11.9 Å². The third kappa shape index (κ3) is 5.82. The molecule has 11 heteroatoms. The molecule has 7 nitrogen and oxygen atoms in total. The number of aromatic nitrogens is 3. The maximum Gasteiger partial charge on any atom is 0.435 e. The highest BCUT2D eigenvalue weighted by atomic mass is 32.1. The number of nitrogens with zero attached hydrogens (tertiary/aromatic N) is 5. The number of halogens is 3. The summed E-state index contributed by atoms with van der Waals surface area (Å²) in [6.45, 7) is 4.60. The second-order valence-electron chi connectivity index (χ2n) is 8.25. The van der Waals surface area contributed by atoms with Crippen molar-refractivity contribution in [2.75, 3.05) is 26.2 Å². The zero-order chi connectivity index (χ0) is 23.4. The molecule has 1 fully saturated rings. The molecular weight excluding hydrogens is 451 g/mol. The molecule has 2 aromatic heterocycles. The Morgan fingerprint density at radius 2 is 2.06 bits per heavy atom.